The largest absolute Gasteiger partial charge is 0.480 e. The molecule has 120 valence electrons. The monoisotopic (exact) mass is 300 g/mol. The highest BCUT2D eigenvalue weighted by Crippen LogP contribution is 2.17. The highest BCUT2D eigenvalue weighted by atomic mass is 16.5. The Labute approximate surface area is 124 Å². The Bertz CT molecular complexity index is 386. The number of rotatable bonds is 6. The first kappa shape index (κ1) is 17.4. The molecule has 1 atom stereocenters. The van der Waals surface area contributed by atoms with Crippen LogP contribution in [0.5, 0.6) is 0 Å². The van der Waals surface area contributed by atoms with Crippen molar-refractivity contribution in [1.29, 1.82) is 0 Å². The Morgan fingerprint density at radius 2 is 2.00 bits per heavy atom. The SMILES string of the molecule is CCOCC(=O)N1CCC[C@@H](N(CC(=O)O)C(C)=O)CC1. The maximum Gasteiger partial charge on any atom is 0.323 e. The van der Waals surface area contributed by atoms with E-state index in [2.05, 4.69) is 0 Å². The molecule has 1 rings (SSSR count). The fourth-order valence-electron chi connectivity index (χ4n) is 2.56. The Morgan fingerprint density at radius 1 is 1.29 bits per heavy atom. The van der Waals surface area contributed by atoms with E-state index in [0.29, 0.717) is 32.5 Å². The average molecular weight is 300 g/mol. The smallest absolute Gasteiger partial charge is 0.323 e. The lowest BCUT2D eigenvalue weighted by atomic mass is 10.1. The molecule has 1 fully saturated rings. The Hall–Kier alpha value is -1.63. The number of likely N-dealkylation sites (tertiary alicyclic amines) is 1. The lowest BCUT2D eigenvalue weighted by Gasteiger charge is -2.28. The second-order valence-corrected chi connectivity index (χ2v) is 5.14. The highest BCUT2D eigenvalue weighted by molar-refractivity contribution is 5.80. The second-order valence-electron chi connectivity index (χ2n) is 5.14. The van der Waals surface area contributed by atoms with Crippen LogP contribution in [0.15, 0.2) is 0 Å². The summed E-state index contributed by atoms with van der Waals surface area (Å²) >= 11 is 0. The maximum absolute atomic E-state index is 11.9. The molecule has 0 aromatic heterocycles. The number of hydrogen-bond acceptors (Lipinski definition) is 4. The summed E-state index contributed by atoms with van der Waals surface area (Å²) in [6, 6.07) is -0.122. The molecular weight excluding hydrogens is 276 g/mol. The van der Waals surface area contributed by atoms with Gasteiger partial charge >= 0.3 is 5.97 Å². The zero-order valence-electron chi connectivity index (χ0n) is 12.7. The van der Waals surface area contributed by atoms with Crippen molar-refractivity contribution in [1.82, 2.24) is 9.80 Å². The number of amides is 2. The predicted molar refractivity (Wildman–Crippen MR) is 75.7 cm³/mol. The van der Waals surface area contributed by atoms with Crippen molar-refractivity contribution in [3.05, 3.63) is 0 Å². The van der Waals surface area contributed by atoms with Crippen molar-refractivity contribution in [3.8, 4) is 0 Å². The lowest BCUT2D eigenvalue weighted by molar-refractivity contribution is -0.145. The molecule has 7 nitrogen and oxygen atoms in total. The topological polar surface area (TPSA) is 87.2 Å². The summed E-state index contributed by atoms with van der Waals surface area (Å²) in [7, 11) is 0. The number of carboxylic acids is 1. The van der Waals surface area contributed by atoms with Crippen LogP contribution in [-0.4, -0.2) is 71.6 Å². The molecule has 0 radical (unpaired) electrons. The maximum atomic E-state index is 11.9. The molecule has 2 amide bonds. The average Bonchev–Trinajstić information content (AvgIpc) is 2.67. The van der Waals surface area contributed by atoms with Gasteiger partial charge in [0.05, 0.1) is 0 Å². The summed E-state index contributed by atoms with van der Waals surface area (Å²) in [5.74, 6) is -1.31. The minimum atomic E-state index is -1.02. The summed E-state index contributed by atoms with van der Waals surface area (Å²) in [6.45, 7) is 4.66. The zero-order valence-corrected chi connectivity index (χ0v) is 12.7. The van der Waals surface area contributed by atoms with Gasteiger partial charge in [-0.2, -0.15) is 0 Å². The Morgan fingerprint density at radius 3 is 2.57 bits per heavy atom. The Balaban J connectivity index is 2.59. The molecule has 0 aromatic rings. The minimum Gasteiger partial charge on any atom is -0.480 e. The fraction of sp³-hybridized carbons (Fsp3) is 0.786. The molecule has 1 N–H and O–H groups in total. The number of carbonyl (C=O) groups excluding carboxylic acids is 2. The second kappa shape index (κ2) is 8.61. The van der Waals surface area contributed by atoms with Gasteiger partial charge in [0, 0.05) is 32.7 Å². The quantitative estimate of drug-likeness (QED) is 0.764. The molecule has 0 spiro atoms. The molecule has 7 heteroatoms. The van der Waals surface area contributed by atoms with E-state index in [0.717, 1.165) is 6.42 Å². The highest BCUT2D eigenvalue weighted by Gasteiger charge is 2.27. The van der Waals surface area contributed by atoms with E-state index < -0.39 is 5.97 Å². The first-order valence-corrected chi connectivity index (χ1v) is 7.30. The summed E-state index contributed by atoms with van der Waals surface area (Å²) in [5, 5.41) is 8.90. The molecule has 1 aliphatic rings. The van der Waals surface area contributed by atoms with Crippen LogP contribution < -0.4 is 0 Å². The van der Waals surface area contributed by atoms with Crippen LogP contribution in [0.2, 0.25) is 0 Å². The van der Waals surface area contributed by atoms with Crippen LogP contribution in [0.1, 0.15) is 33.1 Å². The van der Waals surface area contributed by atoms with Crippen molar-refractivity contribution in [2.24, 2.45) is 0 Å². The first-order chi connectivity index (χ1) is 9.95. The van der Waals surface area contributed by atoms with E-state index >= 15 is 0 Å². The van der Waals surface area contributed by atoms with Crippen LogP contribution in [0.3, 0.4) is 0 Å². The molecular formula is C14H24N2O5. The van der Waals surface area contributed by atoms with E-state index in [4.69, 9.17) is 9.84 Å². The fourth-order valence-corrected chi connectivity index (χ4v) is 2.56. The van der Waals surface area contributed by atoms with Gasteiger partial charge in [-0.3, -0.25) is 14.4 Å². The molecule has 1 aliphatic heterocycles. The van der Waals surface area contributed by atoms with E-state index in [1.165, 1.54) is 11.8 Å². The summed E-state index contributed by atoms with van der Waals surface area (Å²) < 4.78 is 5.12. The van der Waals surface area contributed by atoms with E-state index in [1.54, 1.807) is 4.90 Å². The van der Waals surface area contributed by atoms with Gasteiger partial charge in [-0.05, 0) is 26.2 Å². The van der Waals surface area contributed by atoms with Crippen molar-refractivity contribution in [2.75, 3.05) is 32.8 Å². The van der Waals surface area contributed by atoms with Crippen LogP contribution in [0, 0.1) is 0 Å². The van der Waals surface area contributed by atoms with Gasteiger partial charge in [0.25, 0.3) is 0 Å². The standard InChI is InChI=1S/C14H24N2O5/c1-3-21-10-13(18)15-7-4-5-12(6-8-15)16(11(2)17)9-14(19)20/h12H,3-10H2,1-2H3,(H,19,20)/t12-/m1/s1. The van der Waals surface area contributed by atoms with Gasteiger partial charge in [0.15, 0.2) is 0 Å². The van der Waals surface area contributed by atoms with Crippen LogP contribution >= 0.6 is 0 Å². The summed E-state index contributed by atoms with van der Waals surface area (Å²) in [5.41, 5.74) is 0. The van der Waals surface area contributed by atoms with Crippen molar-refractivity contribution in [2.45, 2.75) is 39.2 Å². The van der Waals surface area contributed by atoms with Crippen LogP contribution in [0.25, 0.3) is 0 Å². The van der Waals surface area contributed by atoms with E-state index in [9.17, 15) is 14.4 Å². The van der Waals surface area contributed by atoms with Crippen LogP contribution in [0.4, 0.5) is 0 Å². The van der Waals surface area contributed by atoms with Gasteiger partial charge in [-0.15, -0.1) is 0 Å². The molecule has 1 saturated heterocycles. The number of nitrogens with zero attached hydrogens (tertiary/aromatic N) is 2. The third-order valence-electron chi connectivity index (χ3n) is 3.63. The number of carbonyl (C=O) groups is 3. The molecule has 1 heterocycles. The zero-order chi connectivity index (χ0) is 15.8. The van der Waals surface area contributed by atoms with Gasteiger partial charge in [0.1, 0.15) is 13.2 Å². The van der Waals surface area contributed by atoms with E-state index in [1.807, 2.05) is 6.92 Å². The molecule has 0 unspecified atom stereocenters. The van der Waals surface area contributed by atoms with Gasteiger partial charge in [0.2, 0.25) is 11.8 Å². The summed E-state index contributed by atoms with van der Waals surface area (Å²) in [4.78, 5) is 37.5. The number of aliphatic carboxylic acids is 1. The summed E-state index contributed by atoms with van der Waals surface area (Å²) in [6.07, 6.45) is 2.07. The van der Waals surface area contributed by atoms with Gasteiger partial charge in [-0.1, -0.05) is 0 Å². The predicted octanol–water partition coefficient (Wildman–Crippen LogP) is 0.337. The van der Waals surface area contributed by atoms with Crippen LogP contribution in [-0.2, 0) is 19.1 Å². The first-order valence-electron chi connectivity index (χ1n) is 7.30. The minimum absolute atomic E-state index is 0.0508. The van der Waals surface area contributed by atoms with Crippen molar-refractivity contribution in [3.63, 3.8) is 0 Å². The molecule has 0 bridgehead atoms. The van der Waals surface area contributed by atoms with Crippen molar-refractivity contribution < 1.29 is 24.2 Å². The molecule has 0 aliphatic carbocycles. The number of hydrogen-bond donors (Lipinski definition) is 1. The number of ether oxygens (including phenoxy) is 1. The molecule has 21 heavy (non-hydrogen) atoms. The third-order valence-corrected chi connectivity index (χ3v) is 3.63. The van der Waals surface area contributed by atoms with E-state index in [-0.39, 0.29) is 31.0 Å². The van der Waals surface area contributed by atoms with Gasteiger partial charge < -0.3 is 19.6 Å². The Kier molecular flexibility index (Phi) is 7.14. The van der Waals surface area contributed by atoms with Crippen molar-refractivity contribution >= 4 is 17.8 Å². The lowest BCUT2D eigenvalue weighted by Crippen LogP contribution is -2.43. The number of carboxylic acid groups (broad SMARTS) is 1. The molecule has 0 saturated carbocycles. The van der Waals surface area contributed by atoms with Gasteiger partial charge in [-0.25, -0.2) is 0 Å². The third kappa shape index (κ3) is 5.71. The molecule has 0 aromatic carbocycles. The normalized spacial score (nSPS) is 19.0.